The Morgan fingerprint density at radius 2 is 2.07 bits per heavy atom. The van der Waals surface area contributed by atoms with Crippen LogP contribution in [0.3, 0.4) is 0 Å². The lowest BCUT2D eigenvalue weighted by Crippen LogP contribution is -2.47. The number of nitrogens with one attached hydrogen (secondary N) is 1. The van der Waals surface area contributed by atoms with E-state index in [4.69, 9.17) is 0 Å². The molecule has 0 spiro atoms. The molecule has 2 aliphatic rings. The van der Waals surface area contributed by atoms with Crippen LogP contribution in [0.5, 0.6) is 0 Å². The van der Waals surface area contributed by atoms with Gasteiger partial charge in [0, 0.05) is 6.04 Å². The van der Waals surface area contributed by atoms with Gasteiger partial charge >= 0.3 is 0 Å². The summed E-state index contributed by atoms with van der Waals surface area (Å²) in [7, 11) is 0. The molecule has 0 saturated carbocycles. The van der Waals surface area contributed by atoms with Crippen molar-refractivity contribution in [3.05, 3.63) is 0 Å². The predicted molar refractivity (Wildman–Crippen MR) is 60.4 cm³/mol. The number of hydrogen-bond donors (Lipinski definition) is 1. The Bertz CT molecular complexity index is 177. The molecule has 2 rings (SSSR count). The fourth-order valence-corrected chi connectivity index (χ4v) is 2.64. The Labute approximate surface area is 88.1 Å². The van der Waals surface area contributed by atoms with Crippen LogP contribution in [-0.2, 0) is 0 Å². The summed E-state index contributed by atoms with van der Waals surface area (Å²) in [4.78, 5) is 2.70. The second-order valence-electron chi connectivity index (χ2n) is 5.21. The molecule has 0 aromatic rings. The monoisotopic (exact) mass is 196 g/mol. The van der Waals surface area contributed by atoms with Gasteiger partial charge in [-0.3, -0.25) is 0 Å². The van der Waals surface area contributed by atoms with E-state index < -0.39 is 0 Å². The van der Waals surface area contributed by atoms with Crippen LogP contribution in [0, 0.1) is 11.8 Å². The van der Waals surface area contributed by atoms with Gasteiger partial charge in [0.25, 0.3) is 0 Å². The molecule has 0 bridgehead atoms. The molecule has 2 nitrogen and oxygen atoms in total. The van der Waals surface area contributed by atoms with Crippen LogP contribution in [0.4, 0.5) is 0 Å². The third-order valence-electron chi connectivity index (χ3n) is 4.19. The SMILES string of the molecule is CC1CCCN(CCC2CNC2)C1C. The zero-order valence-electron chi connectivity index (χ0n) is 9.63. The molecule has 2 saturated heterocycles. The van der Waals surface area contributed by atoms with Crippen LogP contribution >= 0.6 is 0 Å². The van der Waals surface area contributed by atoms with Crippen molar-refractivity contribution in [2.24, 2.45) is 11.8 Å². The molecule has 2 fully saturated rings. The van der Waals surface area contributed by atoms with Crippen molar-refractivity contribution in [3.63, 3.8) is 0 Å². The minimum absolute atomic E-state index is 0.816. The second kappa shape index (κ2) is 4.63. The second-order valence-corrected chi connectivity index (χ2v) is 5.21. The number of likely N-dealkylation sites (tertiary alicyclic amines) is 1. The van der Waals surface area contributed by atoms with Crippen molar-refractivity contribution in [1.82, 2.24) is 10.2 Å². The van der Waals surface area contributed by atoms with Crippen molar-refractivity contribution < 1.29 is 0 Å². The summed E-state index contributed by atoms with van der Waals surface area (Å²) in [5.74, 6) is 1.88. The first-order valence-corrected chi connectivity index (χ1v) is 6.22. The quantitative estimate of drug-likeness (QED) is 0.739. The van der Waals surface area contributed by atoms with E-state index in [1.165, 1.54) is 45.4 Å². The summed E-state index contributed by atoms with van der Waals surface area (Å²) in [6.45, 7) is 10.0. The van der Waals surface area contributed by atoms with Crippen LogP contribution in [0.1, 0.15) is 33.1 Å². The molecule has 14 heavy (non-hydrogen) atoms. The van der Waals surface area contributed by atoms with E-state index >= 15 is 0 Å². The first-order valence-electron chi connectivity index (χ1n) is 6.22. The van der Waals surface area contributed by atoms with Crippen LogP contribution in [0.25, 0.3) is 0 Å². The van der Waals surface area contributed by atoms with Gasteiger partial charge in [-0.15, -0.1) is 0 Å². The standard InChI is InChI=1S/C12H24N2/c1-10-4-3-6-14(11(10)2)7-5-12-8-13-9-12/h10-13H,3-9H2,1-2H3. The Kier molecular flexibility index (Phi) is 3.45. The summed E-state index contributed by atoms with van der Waals surface area (Å²) in [6.07, 6.45) is 4.25. The maximum absolute atomic E-state index is 3.35. The summed E-state index contributed by atoms with van der Waals surface area (Å²) < 4.78 is 0. The van der Waals surface area contributed by atoms with E-state index in [2.05, 4.69) is 24.1 Å². The first-order chi connectivity index (χ1) is 6.77. The van der Waals surface area contributed by atoms with Crippen LogP contribution in [0.15, 0.2) is 0 Å². The van der Waals surface area contributed by atoms with Crippen LogP contribution in [-0.4, -0.2) is 37.1 Å². The highest BCUT2D eigenvalue weighted by Crippen LogP contribution is 2.23. The van der Waals surface area contributed by atoms with E-state index in [-0.39, 0.29) is 0 Å². The van der Waals surface area contributed by atoms with Gasteiger partial charge in [0.1, 0.15) is 0 Å². The van der Waals surface area contributed by atoms with E-state index in [0.717, 1.165) is 17.9 Å². The van der Waals surface area contributed by atoms with Gasteiger partial charge in [-0.2, -0.15) is 0 Å². The third kappa shape index (κ3) is 2.29. The number of nitrogens with zero attached hydrogens (tertiary/aromatic N) is 1. The van der Waals surface area contributed by atoms with Crippen molar-refractivity contribution in [3.8, 4) is 0 Å². The van der Waals surface area contributed by atoms with Crippen molar-refractivity contribution >= 4 is 0 Å². The maximum atomic E-state index is 3.35. The normalized spacial score (nSPS) is 35.6. The minimum Gasteiger partial charge on any atom is -0.316 e. The molecule has 2 aliphatic heterocycles. The highest BCUT2D eigenvalue weighted by Gasteiger charge is 2.25. The molecule has 0 aliphatic carbocycles. The fourth-order valence-electron chi connectivity index (χ4n) is 2.64. The Morgan fingerprint density at radius 3 is 2.71 bits per heavy atom. The van der Waals surface area contributed by atoms with Gasteiger partial charge in [-0.1, -0.05) is 6.92 Å². The van der Waals surface area contributed by atoms with Crippen molar-refractivity contribution in [2.75, 3.05) is 26.2 Å². The van der Waals surface area contributed by atoms with Gasteiger partial charge in [-0.05, 0) is 64.2 Å². The highest BCUT2D eigenvalue weighted by atomic mass is 15.2. The lowest BCUT2D eigenvalue weighted by molar-refractivity contribution is 0.102. The predicted octanol–water partition coefficient (Wildman–Crippen LogP) is 1.72. The summed E-state index contributed by atoms with van der Waals surface area (Å²) in [5.41, 5.74) is 0. The minimum atomic E-state index is 0.816. The average molecular weight is 196 g/mol. The van der Waals surface area contributed by atoms with Crippen molar-refractivity contribution in [2.45, 2.75) is 39.2 Å². The van der Waals surface area contributed by atoms with E-state index in [9.17, 15) is 0 Å². The maximum Gasteiger partial charge on any atom is 0.00925 e. The first kappa shape index (κ1) is 10.4. The lowest BCUT2D eigenvalue weighted by Gasteiger charge is -2.39. The smallest absolute Gasteiger partial charge is 0.00925 e. The highest BCUT2D eigenvalue weighted by molar-refractivity contribution is 4.81. The van der Waals surface area contributed by atoms with Gasteiger partial charge < -0.3 is 10.2 Å². The summed E-state index contributed by atoms with van der Waals surface area (Å²) in [5, 5.41) is 3.35. The molecule has 0 radical (unpaired) electrons. The molecule has 2 heterocycles. The van der Waals surface area contributed by atoms with Gasteiger partial charge in [0.15, 0.2) is 0 Å². The number of rotatable bonds is 3. The fraction of sp³-hybridized carbons (Fsp3) is 1.00. The molecule has 2 heteroatoms. The van der Waals surface area contributed by atoms with Gasteiger partial charge in [0.05, 0.1) is 0 Å². The van der Waals surface area contributed by atoms with Crippen molar-refractivity contribution in [1.29, 1.82) is 0 Å². The molecule has 2 unspecified atom stereocenters. The molecule has 1 N–H and O–H groups in total. The number of hydrogen-bond acceptors (Lipinski definition) is 2. The van der Waals surface area contributed by atoms with Gasteiger partial charge in [-0.25, -0.2) is 0 Å². The molecule has 0 aromatic carbocycles. The summed E-state index contributed by atoms with van der Waals surface area (Å²) >= 11 is 0. The van der Waals surface area contributed by atoms with Crippen LogP contribution in [0.2, 0.25) is 0 Å². The van der Waals surface area contributed by atoms with E-state index in [1.807, 2.05) is 0 Å². The molecule has 2 atom stereocenters. The van der Waals surface area contributed by atoms with E-state index in [1.54, 1.807) is 0 Å². The van der Waals surface area contributed by atoms with Gasteiger partial charge in [0.2, 0.25) is 0 Å². The largest absolute Gasteiger partial charge is 0.316 e. The van der Waals surface area contributed by atoms with Crippen LogP contribution < -0.4 is 5.32 Å². The molecular weight excluding hydrogens is 172 g/mol. The third-order valence-corrected chi connectivity index (χ3v) is 4.19. The Balaban J connectivity index is 1.72. The Hall–Kier alpha value is -0.0800. The lowest BCUT2D eigenvalue weighted by atomic mass is 9.91. The molecule has 82 valence electrons. The topological polar surface area (TPSA) is 15.3 Å². The summed E-state index contributed by atoms with van der Waals surface area (Å²) in [6, 6.07) is 0.816. The molecular formula is C12H24N2. The number of piperidine rings is 1. The van der Waals surface area contributed by atoms with E-state index in [0.29, 0.717) is 0 Å². The Morgan fingerprint density at radius 1 is 1.29 bits per heavy atom. The molecule has 0 amide bonds. The molecule has 0 aromatic heterocycles. The zero-order valence-corrected chi connectivity index (χ0v) is 9.63. The zero-order chi connectivity index (χ0) is 9.97. The average Bonchev–Trinajstić information content (AvgIpc) is 2.09.